The molecule has 0 aromatic heterocycles. The van der Waals surface area contributed by atoms with Crippen molar-refractivity contribution in [2.75, 3.05) is 7.11 Å². The second-order valence-electron chi connectivity index (χ2n) is 4.31. The molecule has 0 bridgehead atoms. The molecule has 104 valence electrons. The highest BCUT2D eigenvalue weighted by molar-refractivity contribution is 6.07. The van der Waals surface area contributed by atoms with Gasteiger partial charge >= 0.3 is 0 Å². The predicted octanol–water partition coefficient (Wildman–Crippen LogP) is 3.17. The first kappa shape index (κ1) is 14.4. The van der Waals surface area contributed by atoms with E-state index >= 15 is 0 Å². The van der Waals surface area contributed by atoms with Gasteiger partial charge in [-0.2, -0.15) is 5.26 Å². The smallest absolute Gasteiger partial charge is 0.185 e. The minimum absolute atomic E-state index is 0.0400. The molecule has 0 aliphatic rings. The molecule has 2 aromatic rings. The third-order valence-electron chi connectivity index (χ3n) is 2.95. The fourth-order valence-electron chi connectivity index (χ4n) is 1.76. The van der Waals surface area contributed by atoms with Gasteiger partial charge in [0.1, 0.15) is 11.5 Å². The number of ketones is 1. The third kappa shape index (κ3) is 3.48. The summed E-state index contributed by atoms with van der Waals surface area (Å²) in [5.41, 5.74) is 1.51. The van der Waals surface area contributed by atoms with E-state index < -0.39 is 0 Å². The van der Waals surface area contributed by atoms with Gasteiger partial charge in [-0.25, -0.2) is 0 Å². The molecule has 2 aromatic carbocycles. The van der Waals surface area contributed by atoms with Crippen molar-refractivity contribution in [3.63, 3.8) is 0 Å². The van der Waals surface area contributed by atoms with Gasteiger partial charge in [-0.15, -0.1) is 0 Å². The molecule has 4 heteroatoms. The van der Waals surface area contributed by atoms with Crippen molar-refractivity contribution in [3.8, 4) is 17.6 Å². The Kier molecular flexibility index (Phi) is 4.37. The Balaban J connectivity index is 2.16. The van der Waals surface area contributed by atoms with Crippen molar-refractivity contribution in [1.29, 1.82) is 5.26 Å². The van der Waals surface area contributed by atoms with Crippen LogP contribution in [0.3, 0.4) is 0 Å². The number of methoxy groups -OCH3 is 1. The minimum Gasteiger partial charge on any atom is -0.507 e. The van der Waals surface area contributed by atoms with Crippen molar-refractivity contribution in [2.24, 2.45) is 0 Å². The van der Waals surface area contributed by atoms with Gasteiger partial charge in [0.25, 0.3) is 0 Å². The van der Waals surface area contributed by atoms with Crippen LogP contribution in [0.15, 0.2) is 48.5 Å². The number of rotatable bonds is 4. The molecule has 2 rings (SSSR count). The van der Waals surface area contributed by atoms with E-state index in [-0.39, 0.29) is 11.5 Å². The van der Waals surface area contributed by atoms with Gasteiger partial charge in [0.2, 0.25) is 0 Å². The summed E-state index contributed by atoms with van der Waals surface area (Å²) < 4.78 is 4.99. The zero-order chi connectivity index (χ0) is 15.2. The number of ether oxygens (including phenoxy) is 1. The van der Waals surface area contributed by atoms with Crippen LogP contribution >= 0.6 is 0 Å². The highest BCUT2D eigenvalue weighted by Gasteiger charge is 2.03. The summed E-state index contributed by atoms with van der Waals surface area (Å²) in [5.74, 6) is 0.385. The molecule has 1 N–H and O–H groups in total. The van der Waals surface area contributed by atoms with E-state index in [4.69, 9.17) is 10.00 Å². The summed E-state index contributed by atoms with van der Waals surface area (Å²) in [5, 5.41) is 18.5. The maximum Gasteiger partial charge on any atom is 0.185 e. The van der Waals surface area contributed by atoms with Crippen LogP contribution in [0.1, 0.15) is 21.5 Å². The number of nitrogens with zero attached hydrogens (tertiary/aromatic N) is 1. The first-order chi connectivity index (χ1) is 10.1. The number of benzene rings is 2. The molecule has 21 heavy (non-hydrogen) atoms. The lowest BCUT2D eigenvalue weighted by atomic mass is 10.1. The minimum atomic E-state index is -0.199. The number of hydrogen-bond donors (Lipinski definition) is 1. The zero-order valence-electron chi connectivity index (χ0n) is 11.4. The quantitative estimate of drug-likeness (QED) is 0.689. The maximum atomic E-state index is 12.0. The van der Waals surface area contributed by atoms with Crippen LogP contribution in [0.25, 0.3) is 6.08 Å². The van der Waals surface area contributed by atoms with Crippen LogP contribution in [-0.2, 0) is 0 Å². The molecule has 0 fully saturated rings. The summed E-state index contributed by atoms with van der Waals surface area (Å²) in [4.78, 5) is 12.0. The predicted molar refractivity (Wildman–Crippen MR) is 79.2 cm³/mol. The topological polar surface area (TPSA) is 70.3 Å². The van der Waals surface area contributed by atoms with Crippen LogP contribution in [-0.4, -0.2) is 18.0 Å². The number of hydrogen-bond acceptors (Lipinski definition) is 4. The number of aromatic hydroxyl groups is 1. The van der Waals surface area contributed by atoms with E-state index in [0.29, 0.717) is 22.4 Å². The summed E-state index contributed by atoms with van der Waals surface area (Å²) in [6.45, 7) is 0. The average molecular weight is 279 g/mol. The zero-order valence-corrected chi connectivity index (χ0v) is 11.4. The van der Waals surface area contributed by atoms with Gasteiger partial charge in [0.15, 0.2) is 5.78 Å². The first-order valence-electron chi connectivity index (χ1n) is 6.23. The number of carbonyl (C=O) groups is 1. The fraction of sp³-hybridized carbons (Fsp3) is 0.0588. The number of carbonyl (C=O) groups excluding carboxylic acids is 1. The highest BCUT2D eigenvalue weighted by atomic mass is 16.5. The van der Waals surface area contributed by atoms with Crippen LogP contribution in [0.5, 0.6) is 11.5 Å². The van der Waals surface area contributed by atoms with E-state index in [9.17, 15) is 9.90 Å². The summed E-state index contributed by atoms with van der Waals surface area (Å²) in [6, 6.07) is 13.2. The Morgan fingerprint density at radius 3 is 2.52 bits per heavy atom. The Bertz CT molecular complexity index is 725. The molecule has 0 spiro atoms. The molecule has 0 aliphatic heterocycles. The van der Waals surface area contributed by atoms with E-state index in [1.54, 1.807) is 36.4 Å². The molecule has 0 radical (unpaired) electrons. The second kappa shape index (κ2) is 6.40. The fourth-order valence-corrected chi connectivity index (χ4v) is 1.76. The SMILES string of the molecule is COc1ccc(/C=C/C(=O)c2ccc(C#N)cc2)c(O)c1. The molecule has 0 amide bonds. The Labute approximate surface area is 122 Å². The van der Waals surface area contributed by atoms with E-state index in [0.717, 1.165) is 0 Å². The molecular weight excluding hydrogens is 266 g/mol. The summed E-state index contributed by atoms with van der Waals surface area (Å²) in [7, 11) is 1.51. The standard InChI is InChI=1S/C17H13NO3/c1-21-15-8-6-14(17(20)10-15)7-9-16(19)13-4-2-12(11-18)3-5-13/h2-10,20H,1H3/b9-7+. The Morgan fingerprint density at radius 2 is 1.95 bits per heavy atom. The lowest BCUT2D eigenvalue weighted by molar-refractivity contribution is 0.104. The average Bonchev–Trinajstić information content (AvgIpc) is 2.53. The third-order valence-corrected chi connectivity index (χ3v) is 2.95. The van der Waals surface area contributed by atoms with Gasteiger partial charge in [0, 0.05) is 17.2 Å². The largest absolute Gasteiger partial charge is 0.507 e. The summed E-state index contributed by atoms with van der Waals surface area (Å²) >= 11 is 0. The molecule has 0 saturated heterocycles. The molecule has 0 unspecified atom stereocenters. The lowest BCUT2D eigenvalue weighted by Gasteiger charge is -2.03. The first-order valence-corrected chi connectivity index (χ1v) is 6.23. The second-order valence-corrected chi connectivity index (χ2v) is 4.31. The van der Waals surface area contributed by atoms with Crippen molar-refractivity contribution in [2.45, 2.75) is 0 Å². The highest BCUT2D eigenvalue weighted by Crippen LogP contribution is 2.24. The van der Waals surface area contributed by atoms with Gasteiger partial charge in [0.05, 0.1) is 18.7 Å². The monoisotopic (exact) mass is 279 g/mol. The van der Waals surface area contributed by atoms with Crippen molar-refractivity contribution in [1.82, 2.24) is 0 Å². The van der Waals surface area contributed by atoms with Gasteiger partial charge in [-0.1, -0.05) is 0 Å². The molecule has 4 nitrogen and oxygen atoms in total. The van der Waals surface area contributed by atoms with Gasteiger partial charge in [-0.05, 0) is 48.6 Å². The van der Waals surface area contributed by atoms with Gasteiger partial charge in [-0.3, -0.25) is 4.79 Å². The van der Waals surface area contributed by atoms with Crippen LogP contribution < -0.4 is 4.74 Å². The van der Waals surface area contributed by atoms with E-state index in [1.165, 1.54) is 25.3 Å². The lowest BCUT2D eigenvalue weighted by Crippen LogP contribution is -1.93. The van der Waals surface area contributed by atoms with E-state index in [2.05, 4.69) is 0 Å². The van der Waals surface area contributed by atoms with Crippen LogP contribution in [0.2, 0.25) is 0 Å². The Hall–Kier alpha value is -3.06. The normalized spacial score (nSPS) is 10.3. The van der Waals surface area contributed by atoms with Crippen molar-refractivity contribution >= 4 is 11.9 Å². The number of nitriles is 1. The molecule has 0 atom stereocenters. The molecule has 0 aliphatic carbocycles. The molecular formula is C17H13NO3. The van der Waals surface area contributed by atoms with Crippen LogP contribution in [0, 0.1) is 11.3 Å². The number of phenolic OH excluding ortho intramolecular Hbond substituents is 1. The van der Waals surface area contributed by atoms with E-state index in [1.807, 2.05) is 6.07 Å². The number of phenols is 1. The van der Waals surface area contributed by atoms with Gasteiger partial charge < -0.3 is 9.84 Å². The molecule has 0 saturated carbocycles. The number of allylic oxidation sites excluding steroid dienone is 1. The van der Waals surface area contributed by atoms with Crippen molar-refractivity contribution < 1.29 is 14.6 Å². The molecule has 0 heterocycles. The summed E-state index contributed by atoms with van der Waals surface area (Å²) in [6.07, 6.45) is 2.91. The van der Waals surface area contributed by atoms with Crippen LogP contribution in [0.4, 0.5) is 0 Å². The maximum absolute atomic E-state index is 12.0. The Morgan fingerprint density at radius 1 is 1.24 bits per heavy atom. The van der Waals surface area contributed by atoms with Crippen molar-refractivity contribution in [3.05, 3.63) is 65.2 Å².